The smallest absolute Gasteiger partial charge is 0.407 e. The molecular formula is C12H15NO2. The monoisotopic (exact) mass is 205 g/mol. The molecule has 0 saturated carbocycles. The number of rotatable bonds is 1. The van der Waals surface area contributed by atoms with Crippen LogP contribution in [0.4, 0.5) is 4.79 Å². The van der Waals surface area contributed by atoms with Gasteiger partial charge in [-0.1, -0.05) is 36.8 Å². The fourth-order valence-electron chi connectivity index (χ4n) is 1.74. The molecule has 1 aliphatic heterocycles. The van der Waals surface area contributed by atoms with Crippen molar-refractivity contribution in [3.63, 3.8) is 0 Å². The Morgan fingerprint density at radius 2 is 2.00 bits per heavy atom. The average molecular weight is 205 g/mol. The maximum Gasteiger partial charge on any atom is 0.407 e. The highest BCUT2D eigenvalue weighted by molar-refractivity contribution is 5.68. The zero-order chi connectivity index (χ0) is 10.9. The molecule has 1 aliphatic rings. The number of amides is 1. The van der Waals surface area contributed by atoms with E-state index in [2.05, 4.69) is 43.4 Å². The average Bonchev–Trinajstić information content (AvgIpc) is 2.24. The summed E-state index contributed by atoms with van der Waals surface area (Å²) in [6.45, 7) is 5.24. The van der Waals surface area contributed by atoms with E-state index in [1.807, 2.05) is 0 Å². The summed E-state index contributed by atoms with van der Waals surface area (Å²) in [5.74, 6) is 0. The van der Waals surface area contributed by atoms with Crippen LogP contribution in [0.1, 0.15) is 18.1 Å². The lowest BCUT2D eigenvalue weighted by atomic mass is 9.82. The molecule has 0 radical (unpaired) electrons. The van der Waals surface area contributed by atoms with Crippen molar-refractivity contribution in [2.45, 2.75) is 19.3 Å². The van der Waals surface area contributed by atoms with Crippen molar-refractivity contribution in [3.05, 3.63) is 35.4 Å². The Kier molecular flexibility index (Phi) is 2.39. The second-order valence-corrected chi connectivity index (χ2v) is 4.36. The van der Waals surface area contributed by atoms with E-state index in [1.165, 1.54) is 11.1 Å². The molecule has 1 saturated heterocycles. The molecule has 0 spiro atoms. The number of carbonyl (C=O) groups is 1. The first-order valence-corrected chi connectivity index (χ1v) is 5.08. The molecular weight excluding hydrogens is 190 g/mol. The van der Waals surface area contributed by atoms with Gasteiger partial charge in [-0.25, -0.2) is 4.79 Å². The zero-order valence-electron chi connectivity index (χ0n) is 9.04. The maximum atomic E-state index is 10.9. The van der Waals surface area contributed by atoms with Gasteiger partial charge in [0.15, 0.2) is 0 Å². The number of hydrogen-bond acceptors (Lipinski definition) is 2. The summed E-state index contributed by atoms with van der Waals surface area (Å²) in [7, 11) is 0. The van der Waals surface area contributed by atoms with Crippen LogP contribution in [0.5, 0.6) is 0 Å². The summed E-state index contributed by atoms with van der Waals surface area (Å²) in [5, 5.41) is 2.72. The zero-order valence-corrected chi connectivity index (χ0v) is 9.04. The van der Waals surface area contributed by atoms with Gasteiger partial charge in [-0.05, 0) is 12.5 Å². The van der Waals surface area contributed by atoms with Crippen LogP contribution in [-0.2, 0) is 10.2 Å². The van der Waals surface area contributed by atoms with Crippen molar-refractivity contribution in [1.82, 2.24) is 5.32 Å². The number of nitrogens with one attached hydrogen (secondary N) is 1. The Bertz CT molecular complexity index is 360. The van der Waals surface area contributed by atoms with Crippen LogP contribution < -0.4 is 5.32 Å². The third-order valence-corrected chi connectivity index (χ3v) is 2.89. The van der Waals surface area contributed by atoms with Crippen molar-refractivity contribution in [3.8, 4) is 0 Å². The Labute approximate surface area is 89.4 Å². The second-order valence-electron chi connectivity index (χ2n) is 4.36. The predicted molar refractivity (Wildman–Crippen MR) is 57.9 cm³/mol. The molecule has 1 unspecified atom stereocenters. The number of aryl methyl sites for hydroxylation is 1. The van der Waals surface area contributed by atoms with Crippen molar-refractivity contribution in [2.24, 2.45) is 0 Å². The lowest BCUT2D eigenvalue weighted by Gasteiger charge is -2.33. The molecule has 0 bridgehead atoms. The number of hydrogen-bond donors (Lipinski definition) is 1. The minimum Gasteiger partial charge on any atom is -0.449 e. The lowest BCUT2D eigenvalue weighted by Crippen LogP contribution is -2.48. The number of ether oxygens (including phenoxy) is 1. The summed E-state index contributed by atoms with van der Waals surface area (Å²) in [4.78, 5) is 10.9. The normalized spacial score (nSPS) is 25.6. The van der Waals surface area contributed by atoms with Gasteiger partial charge in [0.05, 0.1) is 0 Å². The van der Waals surface area contributed by atoms with Gasteiger partial charge >= 0.3 is 6.09 Å². The fraction of sp³-hybridized carbons (Fsp3) is 0.417. The van der Waals surface area contributed by atoms with Gasteiger partial charge in [0, 0.05) is 12.0 Å². The van der Waals surface area contributed by atoms with E-state index in [0.29, 0.717) is 13.2 Å². The molecule has 1 aromatic carbocycles. The van der Waals surface area contributed by atoms with Crippen LogP contribution in [0.3, 0.4) is 0 Å². The first-order chi connectivity index (χ1) is 7.10. The van der Waals surface area contributed by atoms with Crippen molar-refractivity contribution in [2.75, 3.05) is 13.2 Å². The van der Waals surface area contributed by atoms with E-state index >= 15 is 0 Å². The second kappa shape index (κ2) is 3.57. The molecule has 1 amide bonds. The number of cyclic esters (lactones) is 1. The van der Waals surface area contributed by atoms with E-state index in [-0.39, 0.29) is 11.5 Å². The highest BCUT2D eigenvalue weighted by atomic mass is 16.6. The van der Waals surface area contributed by atoms with Crippen molar-refractivity contribution < 1.29 is 9.53 Å². The van der Waals surface area contributed by atoms with E-state index < -0.39 is 0 Å². The molecule has 3 nitrogen and oxygen atoms in total. The molecule has 1 N–H and O–H groups in total. The molecule has 0 aliphatic carbocycles. The molecule has 1 heterocycles. The highest BCUT2D eigenvalue weighted by Crippen LogP contribution is 2.25. The molecule has 2 rings (SSSR count). The van der Waals surface area contributed by atoms with E-state index in [9.17, 15) is 4.79 Å². The Balaban J connectivity index is 2.22. The molecule has 1 atom stereocenters. The van der Waals surface area contributed by atoms with Gasteiger partial charge in [-0.3, -0.25) is 0 Å². The minimum absolute atomic E-state index is 0.110. The highest BCUT2D eigenvalue weighted by Gasteiger charge is 2.32. The van der Waals surface area contributed by atoms with Gasteiger partial charge in [-0.2, -0.15) is 0 Å². The summed E-state index contributed by atoms with van der Waals surface area (Å²) >= 11 is 0. The van der Waals surface area contributed by atoms with Crippen molar-refractivity contribution >= 4 is 6.09 Å². The van der Waals surface area contributed by atoms with E-state index in [4.69, 9.17) is 4.74 Å². The molecule has 1 fully saturated rings. The van der Waals surface area contributed by atoms with Gasteiger partial charge in [0.25, 0.3) is 0 Å². The molecule has 0 aromatic heterocycles. The SMILES string of the molecule is Cc1ccc(C2(C)CNC(=O)OC2)cc1. The largest absolute Gasteiger partial charge is 0.449 e. The van der Waals surface area contributed by atoms with E-state index in [0.717, 1.165) is 0 Å². The topological polar surface area (TPSA) is 38.3 Å². The first-order valence-electron chi connectivity index (χ1n) is 5.08. The van der Waals surface area contributed by atoms with Crippen LogP contribution in [0, 0.1) is 6.92 Å². The summed E-state index contributed by atoms with van der Waals surface area (Å²) in [6.07, 6.45) is -0.320. The van der Waals surface area contributed by atoms with Gasteiger partial charge < -0.3 is 10.1 Å². The lowest BCUT2D eigenvalue weighted by molar-refractivity contribution is 0.0929. The first kappa shape index (κ1) is 10.0. The molecule has 80 valence electrons. The summed E-state index contributed by atoms with van der Waals surface area (Å²) in [5.41, 5.74) is 2.33. The van der Waals surface area contributed by atoms with Gasteiger partial charge in [-0.15, -0.1) is 0 Å². The van der Waals surface area contributed by atoms with Crippen molar-refractivity contribution in [1.29, 1.82) is 0 Å². The Morgan fingerprint density at radius 3 is 2.53 bits per heavy atom. The molecule has 1 aromatic rings. The number of alkyl carbamates (subject to hydrolysis) is 1. The maximum absolute atomic E-state index is 10.9. The third kappa shape index (κ3) is 1.96. The van der Waals surface area contributed by atoms with Crippen LogP contribution in [-0.4, -0.2) is 19.2 Å². The van der Waals surface area contributed by atoms with Gasteiger partial charge in [0.1, 0.15) is 6.61 Å². The van der Waals surface area contributed by atoms with Crippen LogP contribution in [0.15, 0.2) is 24.3 Å². The van der Waals surface area contributed by atoms with E-state index in [1.54, 1.807) is 0 Å². The third-order valence-electron chi connectivity index (χ3n) is 2.89. The fourth-order valence-corrected chi connectivity index (χ4v) is 1.74. The van der Waals surface area contributed by atoms with Gasteiger partial charge in [0.2, 0.25) is 0 Å². The van der Waals surface area contributed by atoms with Crippen LogP contribution in [0.2, 0.25) is 0 Å². The summed E-state index contributed by atoms with van der Waals surface area (Å²) in [6, 6.07) is 8.35. The predicted octanol–water partition coefficient (Wildman–Crippen LogP) is 1.99. The number of carbonyl (C=O) groups excluding carboxylic acids is 1. The van der Waals surface area contributed by atoms with Crippen LogP contribution >= 0.6 is 0 Å². The van der Waals surface area contributed by atoms with Crippen LogP contribution in [0.25, 0.3) is 0 Å². The minimum atomic E-state index is -0.320. The summed E-state index contributed by atoms with van der Waals surface area (Å²) < 4.78 is 5.03. The molecule has 3 heteroatoms. The molecule has 15 heavy (non-hydrogen) atoms. The Morgan fingerprint density at radius 1 is 1.33 bits per heavy atom. The Hall–Kier alpha value is -1.51. The standard InChI is InChI=1S/C12H15NO2/c1-9-3-5-10(6-4-9)12(2)7-13-11(14)15-8-12/h3-6H,7-8H2,1-2H3,(H,13,14). The quantitative estimate of drug-likeness (QED) is 0.761. The number of benzene rings is 1.